The number of morpholine rings is 1. The van der Waals surface area contributed by atoms with Crippen molar-refractivity contribution in [1.29, 1.82) is 0 Å². The number of nitrogens with zero attached hydrogens (tertiary/aromatic N) is 6. The number of rotatable bonds is 5. The molecule has 2 aromatic heterocycles. The largest absolute Gasteiger partial charge is 0.370 e. The van der Waals surface area contributed by atoms with Gasteiger partial charge < -0.3 is 19.9 Å². The number of guanidine groups is 1. The molecule has 8 heteroatoms. The lowest BCUT2D eigenvalue weighted by atomic mass is 9.99. The van der Waals surface area contributed by atoms with Gasteiger partial charge in [0.25, 0.3) is 0 Å². The Kier molecular flexibility index (Phi) is 7.06. The molecular formula is C23H35N7O. The molecule has 0 saturated carbocycles. The molecule has 0 radical (unpaired) electrons. The molecule has 0 amide bonds. The van der Waals surface area contributed by atoms with Crippen LogP contribution in [0.4, 0.5) is 5.82 Å². The van der Waals surface area contributed by atoms with Crippen molar-refractivity contribution in [3.63, 3.8) is 0 Å². The Bertz CT molecular complexity index is 855. The number of anilines is 1. The van der Waals surface area contributed by atoms with E-state index < -0.39 is 0 Å². The molecule has 8 nitrogen and oxygen atoms in total. The minimum absolute atomic E-state index is 0.0134. The van der Waals surface area contributed by atoms with Crippen LogP contribution in [0.5, 0.6) is 0 Å². The van der Waals surface area contributed by atoms with Crippen LogP contribution in [0, 0.1) is 5.92 Å². The number of aliphatic imine (C=N–C) groups is 1. The van der Waals surface area contributed by atoms with Crippen molar-refractivity contribution in [3.05, 3.63) is 41.9 Å². The van der Waals surface area contributed by atoms with Gasteiger partial charge in [0.1, 0.15) is 11.9 Å². The lowest BCUT2D eigenvalue weighted by molar-refractivity contribution is -0.00805. The topological polar surface area (TPSA) is 70.8 Å². The minimum atomic E-state index is 0.0134. The van der Waals surface area contributed by atoms with Gasteiger partial charge in [0, 0.05) is 51.2 Å². The Morgan fingerprint density at radius 3 is 2.74 bits per heavy atom. The van der Waals surface area contributed by atoms with Crippen molar-refractivity contribution in [2.24, 2.45) is 18.0 Å². The fraction of sp³-hybridized carbons (Fsp3) is 0.609. The van der Waals surface area contributed by atoms with Gasteiger partial charge in [-0.05, 0) is 37.3 Å². The standard InChI is InChI=1S/C23H35N7O/c1-4-24-23(30-11-12-31-21(17-30)20-15-27-28(3)16-20)26-14-19-5-6-22(25-13-19)29-9-7-18(2)8-10-29/h5-6,13,15-16,18,21H,4,7-12,14,17H2,1-3H3,(H,24,26). The minimum Gasteiger partial charge on any atom is -0.370 e. The molecule has 168 valence electrons. The fourth-order valence-electron chi connectivity index (χ4n) is 4.18. The van der Waals surface area contributed by atoms with Crippen molar-refractivity contribution in [2.45, 2.75) is 39.3 Å². The fourth-order valence-corrected chi connectivity index (χ4v) is 4.18. The van der Waals surface area contributed by atoms with Gasteiger partial charge in [-0.2, -0.15) is 5.10 Å². The summed E-state index contributed by atoms with van der Waals surface area (Å²) in [6.07, 6.45) is 8.39. The summed E-state index contributed by atoms with van der Waals surface area (Å²) >= 11 is 0. The van der Waals surface area contributed by atoms with Crippen LogP contribution in [0.3, 0.4) is 0 Å². The lowest BCUT2D eigenvalue weighted by Crippen LogP contribution is -2.48. The zero-order valence-electron chi connectivity index (χ0n) is 19.0. The number of ether oxygens (including phenoxy) is 1. The van der Waals surface area contributed by atoms with E-state index in [9.17, 15) is 0 Å². The van der Waals surface area contributed by atoms with Crippen molar-refractivity contribution in [1.82, 2.24) is 25.0 Å². The first kappa shape index (κ1) is 21.6. The smallest absolute Gasteiger partial charge is 0.194 e. The molecule has 2 saturated heterocycles. The Hall–Kier alpha value is -2.61. The molecule has 0 spiro atoms. The molecule has 1 unspecified atom stereocenters. The van der Waals surface area contributed by atoms with Crippen molar-refractivity contribution < 1.29 is 4.74 Å². The number of piperidine rings is 1. The zero-order valence-corrected chi connectivity index (χ0v) is 19.0. The Labute approximate surface area is 185 Å². The molecule has 4 heterocycles. The summed E-state index contributed by atoms with van der Waals surface area (Å²) in [6, 6.07) is 4.30. The quantitative estimate of drug-likeness (QED) is 0.587. The summed E-state index contributed by atoms with van der Waals surface area (Å²) in [4.78, 5) is 14.3. The summed E-state index contributed by atoms with van der Waals surface area (Å²) in [6.45, 7) is 10.4. The second-order valence-electron chi connectivity index (χ2n) is 8.62. The number of pyridine rings is 1. The van der Waals surface area contributed by atoms with Gasteiger partial charge >= 0.3 is 0 Å². The Balaban J connectivity index is 1.39. The number of hydrogen-bond acceptors (Lipinski definition) is 5. The van der Waals surface area contributed by atoms with Crippen LogP contribution in [0.15, 0.2) is 35.7 Å². The van der Waals surface area contributed by atoms with Crippen LogP contribution < -0.4 is 10.2 Å². The van der Waals surface area contributed by atoms with Crippen LogP contribution in [-0.2, 0) is 18.3 Å². The predicted octanol–water partition coefficient (Wildman–Crippen LogP) is 2.59. The van der Waals surface area contributed by atoms with Gasteiger partial charge in [-0.3, -0.25) is 4.68 Å². The lowest BCUT2D eigenvalue weighted by Gasteiger charge is -2.34. The van der Waals surface area contributed by atoms with Gasteiger partial charge in [0.05, 0.1) is 25.9 Å². The van der Waals surface area contributed by atoms with E-state index in [1.54, 1.807) is 0 Å². The van der Waals surface area contributed by atoms with Crippen LogP contribution in [-0.4, -0.2) is 65.0 Å². The SMILES string of the molecule is CCNC(=NCc1ccc(N2CCC(C)CC2)nc1)N1CCOC(c2cnn(C)c2)C1. The molecular weight excluding hydrogens is 390 g/mol. The summed E-state index contributed by atoms with van der Waals surface area (Å²) in [5.74, 6) is 2.83. The van der Waals surface area contributed by atoms with E-state index in [2.05, 4.69) is 46.2 Å². The highest BCUT2D eigenvalue weighted by atomic mass is 16.5. The summed E-state index contributed by atoms with van der Waals surface area (Å²) in [5.41, 5.74) is 2.23. The van der Waals surface area contributed by atoms with Crippen LogP contribution >= 0.6 is 0 Å². The third-order valence-electron chi connectivity index (χ3n) is 6.13. The Morgan fingerprint density at radius 2 is 2.06 bits per heavy atom. The Morgan fingerprint density at radius 1 is 1.23 bits per heavy atom. The van der Waals surface area contributed by atoms with E-state index in [-0.39, 0.29) is 6.10 Å². The molecule has 31 heavy (non-hydrogen) atoms. The molecule has 4 rings (SSSR count). The second kappa shape index (κ2) is 10.1. The van der Waals surface area contributed by atoms with E-state index in [1.807, 2.05) is 30.3 Å². The van der Waals surface area contributed by atoms with Crippen molar-refractivity contribution in [2.75, 3.05) is 44.2 Å². The van der Waals surface area contributed by atoms with Gasteiger partial charge in [0.15, 0.2) is 5.96 Å². The van der Waals surface area contributed by atoms with E-state index in [0.717, 1.165) is 61.5 Å². The van der Waals surface area contributed by atoms with E-state index in [1.165, 1.54) is 12.8 Å². The average Bonchev–Trinajstić information content (AvgIpc) is 3.24. The highest BCUT2D eigenvalue weighted by molar-refractivity contribution is 5.80. The average molecular weight is 426 g/mol. The van der Waals surface area contributed by atoms with Gasteiger partial charge in [-0.1, -0.05) is 13.0 Å². The maximum atomic E-state index is 5.98. The first-order valence-corrected chi connectivity index (χ1v) is 11.5. The number of nitrogens with one attached hydrogen (secondary N) is 1. The first-order chi connectivity index (χ1) is 15.1. The molecule has 2 fully saturated rings. The number of aryl methyl sites for hydroxylation is 1. The van der Waals surface area contributed by atoms with E-state index in [0.29, 0.717) is 13.2 Å². The molecule has 2 aromatic rings. The van der Waals surface area contributed by atoms with Crippen LogP contribution in [0.1, 0.15) is 43.9 Å². The monoisotopic (exact) mass is 425 g/mol. The maximum Gasteiger partial charge on any atom is 0.194 e. The van der Waals surface area contributed by atoms with Crippen molar-refractivity contribution in [3.8, 4) is 0 Å². The molecule has 0 aliphatic carbocycles. The van der Waals surface area contributed by atoms with E-state index >= 15 is 0 Å². The molecule has 2 aliphatic rings. The number of aromatic nitrogens is 3. The normalized spacial score (nSPS) is 20.9. The third kappa shape index (κ3) is 5.55. The highest BCUT2D eigenvalue weighted by Gasteiger charge is 2.25. The van der Waals surface area contributed by atoms with Crippen LogP contribution in [0.2, 0.25) is 0 Å². The molecule has 0 bridgehead atoms. The molecule has 1 N–H and O–H groups in total. The summed E-state index contributed by atoms with van der Waals surface area (Å²) < 4.78 is 7.80. The first-order valence-electron chi connectivity index (χ1n) is 11.5. The number of hydrogen-bond donors (Lipinski definition) is 1. The summed E-state index contributed by atoms with van der Waals surface area (Å²) in [7, 11) is 1.93. The van der Waals surface area contributed by atoms with Gasteiger partial charge in [-0.15, -0.1) is 0 Å². The van der Waals surface area contributed by atoms with Gasteiger partial charge in [-0.25, -0.2) is 9.98 Å². The van der Waals surface area contributed by atoms with Gasteiger partial charge in [0.2, 0.25) is 0 Å². The third-order valence-corrected chi connectivity index (χ3v) is 6.13. The molecule has 1 atom stereocenters. The predicted molar refractivity (Wildman–Crippen MR) is 123 cm³/mol. The summed E-state index contributed by atoms with van der Waals surface area (Å²) in [5, 5.41) is 7.72. The zero-order chi connectivity index (χ0) is 21.6. The van der Waals surface area contributed by atoms with Crippen molar-refractivity contribution >= 4 is 11.8 Å². The molecule has 0 aromatic carbocycles. The van der Waals surface area contributed by atoms with E-state index in [4.69, 9.17) is 14.7 Å². The second-order valence-corrected chi connectivity index (χ2v) is 8.62. The molecule has 2 aliphatic heterocycles. The van der Waals surface area contributed by atoms with Crippen LogP contribution in [0.25, 0.3) is 0 Å². The highest BCUT2D eigenvalue weighted by Crippen LogP contribution is 2.23. The maximum absolute atomic E-state index is 5.98.